The van der Waals surface area contributed by atoms with Crippen LogP contribution in [0.4, 0.5) is 4.79 Å². The largest absolute Gasteiger partial charge is 0.493 e. The number of urea groups is 1. The van der Waals surface area contributed by atoms with Gasteiger partial charge in [-0.15, -0.1) is 0 Å². The molecule has 38 heavy (non-hydrogen) atoms. The molecule has 0 spiro atoms. The van der Waals surface area contributed by atoms with E-state index in [9.17, 15) is 4.79 Å². The molecule has 2 amide bonds. The summed E-state index contributed by atoms with van der Waals surface area (Å²) in [6, 6.07) is 15.1. The highest BCUT2D eigenvalue weighted by atomic mass is 16.7. The maximum absolute atomic E-state index is 13.7. The third kappa shape index (κ3) is 3.94. The van der Waals surface area contributed by atoms with Gasteiger partial charge >= 0.3 is 6.03 Å². The zero-order valence-corrected chi connectivity index (χ0v) is 21.6. The summed E-state index contributed by atoms with van der Waals surface area (Å²) < 4.78 is 35.0. The molecule has 0 aromatic heterocycles. The number of benzene rings is 3. The molecule has 0 fully saturated rings. The van der Waals surface area contributed by atoms with Gasteiger partial charge in [0.05, 0.1) is 34.0 Å². The summed E-state index contributed by atoms with van der Waals surface area (Å²) in [5.74, 6) is 3.05. The fourth-order valence-electron chi connectivity index (χ4n) is 5.71. The Kier molecular flexibility index (Phi) is 6.37. The molecule has 198 valence electrons. The van der Waals surface area contributed by atoms with E-state index in [4.69, 9.17) is 28.4 Å². The lowest BCUT2D eigenvalue weighted by atomic mass is 9.85. The molecule has 0 radical (unpaired) electrons. The first-order chi connectivity index (χ1) is 18.6. The first-order valence-electron chi connectivity index (χ1n) is 12.6. The van der Waals surface area contributed by atoms with E-state index in [-0.39, 0.29) is 12.8 Å². The van der Waals surface area contributed by atoms with Crippen LogP contribution < -0.4 is 29.0 Å². The van der Waals surface area contributed by atoms with Gasteiger partial charge in [-0.05, 0) is 35.2 Å². The number of rotatable bonds is 6. The highest BCUT2D eigenvalue weighted by Crippen LogP contribution is 2.55. The Morgan fingerprint density at radius 1 is 1.03 bits per heavy atom. The lowest BCUT2D eigenvalue weighted by molar-refractivity contribution is -0.000317. The number of carbonyl (C=O) groups excluding carboxylic acids is 1. The van der Waals surface area contributed by atoms with Crippen LogP contribution in [0.5, 0.6) is 28.7 Å². The minimum atomic E-state index is -0.474. The van der Waals surface area contributed by atoms with E-state index in [1.54, 1.807) is 21.3 Å². The van der Waals surface area contributed by atoms with Crippen LogP contribution in [0.15, 0.2) is 48.5 Å². The van der Waals surface area contributed by atoms with Crippen molar-refractivity contribution in [1.82, 2.24) is 10.2 Å². The minimum Gasteiger partial charge on any atom is -0.493 e. The Balaban J connectivity index is 1.44. The van der Waals surface area contributed by atoms with E-state index in [0.29, 0.717) is 54.9 Å². The van der Waals surface area contributed by atoms with Crippen molar-refractivity contribution in [2.45, 2.75) is 31.7 Å². The Labute approximate surface area is 221 Å². The highest BCUT2D eigenvalue weighted by molar-refractivity contribution is 5.76. The van der Waals surface area contributed by atoms with Crippen molar-refractivity contribution in [1.29, 1.82) is 0 Å². The van der Waals surface area contributed by atoms with E-state index in [1.165, 1.54) is 0 Å². The molecule has 3 heterocycles. The molecular weight excluding hydrogens is 488 g/mol. The summed E-state index contributed by atoms with van der Waals surface area (Å²) in [6.45, 7) is 1.38. The fraction of sp³-hybridized carbons (Fsp3) is 0.345. The van der Waals surface area contributed by atoms with Crippen molar-refractivity contribution in [3.63, 3.8) is 0 Å². The van der Waals surface area contributed by atoms with Gasteiger partial charge in [-0.1, -0.05) is 36.4 Å². The number of ether oxygens (including phenoxy) is 6. The fourth-order valence-corrected chi connectivity index (χ4v) is 5.71. The van der Waals surface area contributed by atoms with Gasteiger partial charge in [-0.2, -0.15) is 0 Å². The number of methoxy groups -OCH3 is 3. The normalized spacial score (nSPS) is 19.0. The second-order valence-corrected chi connectivity index (χ2v) is 9.35. The first-order valence-corrected chi connectivity index (χ1v) is 12.6. The molecule has 0 unspecified atom stereocenters. The van der Waals surface area contributed by atoms with Crippen molar-refractivity contribution in [2.24, 2.45) is 0 Å². The quantitative estimate of drug-likeness (QED) is 0.513. The van der Waals surface area contributed by atoms with Gasteiger partial charge in [0.2, 0.25) is 12.5 Å². The Hall–Kier alpha value is -4.11. The molecule has 6 rings (SSSR count). The maximum Gasteiger partial charge on any atom is 0.318 e. The number of nitrogens with zero attached hydrogens (tertiary/aromatic N) is 1. The summed E-state index contributed by atoms with van der Waals surface area (Å²) in [5, 5.41) is 3.10. The summed E-state index contributed by atoms with van der Waals surface area (Å²) in [5.41, 5.74) is 4.79. The number of nitrogens with one attached hydrogen (secondary N) is 1. The van der Waals surface area contributed by atoms with Crippen LogP contribution in [0.2, 0.25) is 0 Å². The van der Waals surface area contributed by atoms with Gasteiger partial charge in [-0.3, -0.25) is 0 Å². The summed E-state index contributed by atoms with van der Waals surface area (Å²) >= 11 is 0. The van der Waals surface area contributed by atoms with E-state index in [1.807, 2.05) is 53.4 Å². The predicted molar refractivity (Wildman–Crippen MR) is 138 cm³/mol. The van der Waals surface area contributed by atoms with Crippen LogP contribution in [0.25, 0.3) is 0 Å². The summed E-state index contributed by atoms with van der Waals surface area (Å²) in [4.78, 5) is 15.6. The summed E-state index contributed by atoms with van der Waals surface area (Å²) in [7, 11) is 4.84. The van der Waals surface area contributed by atoms with Crippen molar-refractivity contribution < 1.29 is 33.2 Å². The van der Waals surface area contributed by atoms with E-state index >= 15 is 0 Å². The van der Waals surface area contributed by atoms with Gasteiger partial charge < -0.3 is 38.6 Å². The van der Waals surface area contributed by atoms with E-state index in [0.717, 1.165) is 27.8 Å². The summed E-state index contributed by atoms with van der Waals surface area (Å²) in [6.07, 6.45) is 0.184. The lowest BCUT2D eigenvalue weighted by Crippen LogP contribution is -2.47. The number of carbonyl (C=O) groups is 1. The molecule has 3 aliphatic heterocycles. The third-order valence-corrected chi connectivity index (χ3v) is 7.43. The molecule has 3 aromatic carbocycles. The molecule has 0 saturated heterocycles. The zero-order chi connectivity index (χ0) is 26.2. The minimum absolute atomic E-state index is 0.125. The van der Waals surface area contributed by atoms with Crippen LogP contribution >= 0.6 is 0 Å². The van der Waals surface area contributed by atoms with Crippen molar-refractivity contribution >= 4 is 6.03 Å². The average molecular weight is 519 g/mol. The van der Waals surface area contributed by atoms with Crippen LogP contribution in [-0.2, 0) is 24.3 Å². The molecule has 3 aliphatic rings. The second-order valence-electron chi connectivity index (χ2n) is 9.35. The van der Waals surface area contributed by atoms with Gasteiger partial charge in [0.15, 0.2) is 23.0 Å². The van der Waals surface area contributed by atoms with Gasteiger partial charge in [-0.25, -0.2) is 4.79 Å². The monoisotopic (exact) mass is 518 g/mol. The van der Waals surface area contributed by atoms with Crippen LogP contribution in [0.3, 0.4) is 0 Å². The van der Waals surface area contributed by atoms with Crippen LogP contribution in [0, 0.1) is 0 Å². The second kappa shape index (κ2) is 9.98. The zero-order valence-electron chi connectivity index (χ0n) is 21.6. The average Bonchev–Trinajstić information content (AvgIpc) is 3.61. The standard InChI is InChI=1S/C29H30N2O7/c1-33-21-10-9-19-20(25(21)34-2)15-36-26(19)24-23-18(13-22-27(28(23)35-3)38-16-37-22)11-12-31(24)29(32)30-14-17-7-5-4-6-8-17/h4-10,13,24,26H,11-12,14-16H2,1-3H3,(H,30,32)/t24-,26+/m1/s1. The SMILES string of the molecule is COc1ccc2c(c1OC)CO[C@@H]2[C@H]1c2c(cc3c(c2OC)OCO3)CCN1C(=O)NCc1ccccc1. The van der Waals surface area contributed by atoms with Crippen molar-refractivity contribution in [2.75, 3.05) is 34.7 Å². The topological polar surface area (TPSA) is 87.7 Å². The maximum atomic E-state index is 13.7. The molecule has 1 N–H and O–H groups in total. The molecule has 3 aromatic rings. The third-order valence-electron chi connectivity index (χ3n) is 7.43. The number of fused-ring (bicyclic) bond motifs is 3. The highest BCUT2D eigenvalue weighted by Gasteiger charge is 2.45. The molecule has 0 bridgehead atoms. The van der Waals surface area contributed by atoms with Crippen molar-refractivity contribution in [3.05, 3.63) is 76.3 Å². The van der Waals surface area contributed by atoms with Gasteiger partial charge in [0.25, 0.3) is 0 Å². The van der Waals surface area contributed by atoms with Gasteiger partial charge in [0.1, 0.15) is 6.10 Å². The first kappa shape index (κ1) is 24.2. The van der Waals surface area contributed by atoms with Crippen LogP contribution in [0.1, 0.15) is 40.0 Å². The number of hydrogen-bond donors (Lipinski definition) is 1. The van der Waals surface area contributed by atoms with Gasteiger partial charge in [0, 0.05) is 24.2 Å². The Morgan fingerprint density at radius 2 is 1.84 bits per heavy atom. The number of hydrogen-bond acceptors (Lipinski definition) is 7. The molecule has 0 aliphatic carbocycles. The lowest BCUT2D eigenvalue weighted by Gasteiger charge is -2.41. The molecule has 9 nitrogen and oxygen atoms in total. The molecule has 2 atom stereocenters. The smallest absolute Gasteiger partial charge is 0.318 e. The predicted octanol–water partition coefficient (Wildman–Crippen LogP) is 4.52. The molecule has 0 saturated carbocycles. The molecular formula is C29H30N2O7. The molecule has 9 heteroatoms. The van der Waals surface area contributed by atoms with Crippen molar-refractivity contribution in [3.8, 4) is 28.7 Å². The van der Waals surface area contributed by atoms with E-state index < -0.39 is 12.1 Å². The Bertz CT molecular complexity index is 1360. The number of amides is 2. The van der Waals surface area contributed by atoms with E-state index in [2.05, 4.69) is 5.32 Å². The Morgan fingerprint density at radius 3 is 2.61 bits per heavy atom. The van der Waals surface area contributed by atoms with Crippen LogP contribution in [-0.4, -0.2) is 45.6 Å².